The number of hydrogen-bond donors (Lipinski definition) is 1. The SMILES string of the molecule is Cc1cc(-c2ccc(C(=O)N3CCC(F)CC3)cn2)cc2cc(CCC(=O)/C=C/c3ccc(N)nc3)sc12. The van der Waals surface area contributed by atoms with Crippen molar-refractivity contribution in [2.75, 3.05) is 18.8 Å². The Kier molecular flexibility index (Phi) is 7.60. The van der Waals surface area contributed by atoms with Crippen molar-refractivity contribution < 1.29 is 14.0 Å². The highest BCUT2D eigenvalue weighted by molar-refractivity contribution is 7.19. The van der Waals surface area contributed by atoms with Gasteiger partial charge in [-0.05, 0) is 97.3 Å². The van der Waals surface area contributed by atoms with E-state index in [1.165, 1.54) is 4.70 Å². The van der Waals surface area contributed by atoms with Crippen LogP contribution in [0.3, 0.4) is 0 Å². The van der Waals surface area contributed by atoms with E-state index in [2.05, 4.69) is 35.1 Å². The summed E-state index contributed by atoms with van der Waals surface area (Å²) >= 11 is 1.71. The van der Waals surface area contributed by atoms with Gasteiger partial charge < -0.3 is 10.6 Å². The Labute approximate surface area is 225 Å². The van der Waals surface area contributed by atoms with Crippen LogP contribution in [0.2, 0.25) is 0 Å². The van der Waals surface area contributed by atoms with Gasteiger partial charge in [0.2, 0.25) is 0 Å². The van der Waals surface area contributed by atoms with Crippen LogP contribution in [0.5, 0.6) is 0 Å². The second-order valence-electron chi connectivity index (χ2n) is 9.64. The van der Waals surface area contributed by atoms with E-state index in [0.717, 1.165) is 32.6 Å². The van der Waals surface area contributed by atoms with Gasteiger partial charge in [-0.2, -0.15) is 0 Å². The van der Waals surface area contributed by atoms with Crippen molar-refractivity contribution in [3.63, 3.8) is 0 Å². The standard InChI is InChI=1S/C30H29FN4O2S/c1-19-14-22(27-8-4-21(18-33-27)30(37)35-12-10-24(31)11-13-35)15-23-16-26(38-29(19)23)7-6-25(36)5-2-20-3-9-28(32)34-17-20/h2-5,8-9,14-18,24H,6-7,10-13H2,1H3,(H2,32,34)/b5-2+. The summed E-state index contributed by atoms with van der Waals surface area (Å²) in [4.78, 5) is 36.6. The van der Waals surface area contributed by atoms with Crippen LogP contribution in [0.25, 0.3) is 27.4 Å². The third-order valence-electron chi connectivity index (χ3n) is 6.76. The molecule has 3 aromatic heterocycles. The lowest BCUT2D eigenvalue weighted by Crippen LogP contribution is -2.39. The van der Waals surface area contributed by atoms with Crippen molar-refractivity contribution in [3.05, 3.63) is 82.5 Å². The van der Waals surface area contributed by atoms with Crippen molar-refractivity contribution in [2.45, 2.75) is 38.8 Å². The van der Waals surface area contributed by atoms with Crippen molar-refractivity contribution in [3.8, 4) is 11.3 Å². The number of carbonyl (C=O) groups excluding carboxylic acids is 2. The van der Waals surface area contributed by atoms with E-state index in [4.69, 9.17) is 5.73 Å². The van der Waals surface area contributed by atoms with Gasteiger partial charge in [0.1, 0.15) is 12.0 Å². The molecular formula is C30H29FN4O2S. The molecule has 5 rings (SSSR count). The molecule has 0 atom stereocenters. The Morgan fingerprint density at radius 2 is 1.92 bits per heavy atom. The first-order valence-electron chi connectivity index (χ1n) is 12.7. The fourth-order valence-electron chi connectivity index (χ4n) is 4.61. The summed E-state index contributed by atoms with van der Waals surface area (Å²) in [7, 11) is 0. The summed E-state index contributed by atoms with van der Waals surface area (Å²) in [5, 5.41) is 1.12. The zero-order valence-electron chi connectivity index (χ0n) is 21.2. The van der Waals surface area contributed by atoms with E-state index in [1.807, 2.05) is 12.1 Å². The van der Waals surface area contributed by atoms with Crippen LogP contribution in [0.4, 0.5) is 10.2 Å². The number of benzene rings is 1. The van der Waals surface area contributed by atoms with Crippen molar-refractivity contribution in [1.82, 2.24) is 14.9 Å². The summed E-state index contributed by atoms with van der Waals surface area (Å²) < 4.78 is 14.6. The molecule has 8 heteroatoms. The van der Waals surface area contributed by atoms with Crippen molar-refractivity contribution in [1.29, 1.82) is 0 Å². The number of nitrogens with two attached hydrogens (primary N) is 1. The first-order valence-corrected chi connectivity index (χ1v) is 13.5. The molecule has 0 aliphatic carbocycles. The first kappa shape index (κ1) is 25.7. The van der Waals surface area contributed by atoms with Gasteiger partial charge in [0, 0.05) is 47.0 Å². The van der Waals surface area contributed by atoms with E-state index in [1.54, 1.807) is 52.9 Å². The largest absolute Gasteiger partial charge is 0.384 e. The molecule has 1 aliphatic heterocycles. The molecule has 0 radical (unpaired) electrons. The fourth-order valence-corrected chi connectivity index (χ4v) is 5.72. The van der Waals surface area contributed by atoms with Gasteiger partial charge in [-0.25, -0.2) is 9.37 Å². The number of aromatic nitrogens is 2. The minimum Gasteiger partial charge on any atom is -0.384 e. The summed E-state index contributed by atoms with van der Waals surface area (Å²) in [6.45, 7) is 2.97. The van der Waals surface area contributed by atoms with E-state index >= 15 is 0 Å². The molecule has 1 amide bonds. The quantitative estimate of drug-likeness (QED) is 0.296. The second-order valence-corrected chi connectivity index (χ2v) is 10.8. The normalized spacial score (nSPS) is 14.4. The molecule has 194 valence electrons. The summed E-state index contributed by atoms with van der Waals surface area (Å²) in [5.74, 6) is 0.412. The molecule has 0 spiro atoms. The molecule has 2 N–H and O–H groups in total. The summed E-state index contributed by atoms with van der Waals surface area (Å²) in [5.41, 5.74) is 9.87. The van der Waals surface area contributed by atoms with Crippen LogP contribution >= 0.6 is 11.3 Å². The number of likely N-dealkylation sites (tertiary alicyclic amines) is 1. The fraction of sp³-hybridized carbons (Fsp3) is 0.267. The third-order valence-corrected chi connectivity index (χ3v) is 8.11. The Bertz CT molecular complexity index is 1490. The number of alkyl halides is 1. The Balaban J connectivity index is 1.25. The van der Waals surface area contributed by atoms with Gasteiger partial charge in [0.25, 0.3) is 5.91 Å². The van der Waals surface area contributed by atoms with E-state index in [0.29, 0.717) is 50.2 Å². The lowest BCUT2D eigenvalue weighted by atomic mass is 10.0. The summed E-state index contributed by atoms with van der Waals surface area (Å²) in [6, 6.07) is 13.6. The molecule has 1 aliphatic rings. The number of amides is 1. The number of piperidine rings is 1. The number of fused-ring (bicyclic) bond motifs is 1. The number of aryl methyl sites for hydroxylation is 2. The number of anilines is 1. The smallest absolute Gasteiger partial charge is 0.255 e. The molecule has 0 bridgehead atoms. The highest BCUT2D eigenvalue weighted by Crippen LogP contribution is 2.33. The zero-order chi connectivity index (χ0) is 26.6. The van der Waals surface area contributed by atoms with Gasteiger partial charge >= 0.3 is 0 Å². The lowest BCUT2D eigenvalue weighted by Gasteiger charge is -2.28. The lowest BCUT2D eigenvalue weighted by molar-refractivity contribution is -0.114. The molecule has 6 nitrogen and oxygen atoms in total. The van der Waals surface area contributed by atoms with Gasteiger partial charge in [0.15, 0.2) is 5.78 Å². The zero-order valence-corrected chi connectivity index (χ0v) is 22.0. The third kappa shape index (κ3) is 5.97. The molecule has 0 unspecified atom stereocenters. The molecule has 1 saturated heterocycles. The Hall–Kier alpha value is -3.91. The van der Waals surface area contributed by atoms with Crippen LogP contribution in [0.1, 0.15) is 45.6 Å². The van der Waals surface area contributed by atoms with E-state index < -0.39 is 6.17 Å². The van der Waals surface area contributed by atoms with Crippen LogP contribution in [-0.2, 0) is 11.2 Å². The molecule has 1 aromatic carbocycles. The molecule has 1 fully saturated rings. The van der Waals surface area contributed by atoms with Crippen molar-refractivity contribution >= 4 is 45.0 Å². The number of allylic oxidation sites excluding steroid dienone is 1. The number of thiophene rings is 1. The maximum absolute atomic E-state index is 13.4. The van der Waals surface area contributed by atoms with Crippen LogP contribution in [-0.4, -0.2) is 45.8 Å². The maximum atomic E-state index is 13.4. The molecule has 38 heavy (non-hydrogen) atoms. The predicted molar refractivity (Wildman–Crippen MR) is 151 cm³/mol. The number of pyridine rings is 2. The van der Waals surface area contributed by atoms with Gasteiger partial charge in [-0.15, -0.1) is 11.3 Å². The molecule has 0 saturated carbocycles. The predicted octanol–water partition coefficient (Wildman–Crippen LogP) is 6.04. The number of nitrogen functional groups attached to an aromatic ring is 1. The van der Waals surface area contributed by atoms with Crippen molar-refractivity contribution in [2.24, 2.45) is 0 Å². The highest BCUT2D eigenvalue weighted by atomic mass is 32.1. The second kappa shape index (κ2) is 11.2. The molecule has 4 aromatic rings. The number of nitrogens with zero attached hydrogens (tertiary/aromatic N) is 3. The van der Waals surface area contributed by atoms with Crippen LogP contribution in [0.15, 0.2) is 60.9 Å². The van der Waals surface area contributed by atoms with Gasteiger partial charge in [-0.3, -0.25) is 14.6 Å². The number of ketones is 1. The molecule has 4 heterocycles. The van der Waals surface area contributed by atoms with E-state index in [-0.39, 0.29) is 11.7 Å². The highest BCUT2D eigenvalue weighted by Gasteiger charge is 2.23. The minimum atomic E-state index is -0.814. The Morgan fingerprint density at radius 3 is 2.63 bits per heavy atom. The number of rotatable bonds is 7. The molecular weight excluding hydrogens is 499 g/mol. The van der Waals surface area contributed by atoms with Crippen LogP contribution < -0.4 is 5.73 Å². The average molecular weight is 529 g/mol. The average Bonchev–Trinajstić information content (AvgIpc) is 3.35. The van der Waals surface area contributed by atoms with E-state index in [9.17, 15) is 14.0 Å². The number of hydrogen-bond acceptors (Lipinski definition) is 6. The van der Waals surface area contributed by atoms with Crippen LogP contribution in [0, 0.1) is 6.92 Å². The number of carbonyl (C=O) groups is 2. The topological polar surface area (TPSA) is 89.2 Å². The minimum absolute atomic E-state index is 0.0598. The summed E-state index contributed by atoms with van der Waals surface area (Å²) in [6.07, 6.45) is 7.67. The number of halogens is 1. The van der Waals surface area contributed by atoms with Gasteiger partial charge in [0.05, 0.1) is 11.3 Å². The van der Waals surface area contributed by atoms with Gasteiger partial charge in [-0.1, -0.05) is 0 Å². The maximum Gasteiger partial charge on any atom is 0.255 e. The monoisotopic (exact) mass is 528 g/mol. The first-order chi connectivity index (χ1) is 18.4. The Morgan fingerprint density at radius 1 is 1.11 bits per heavy atom.